The maximum Gasteiger partial charge on any atom is 0.246 e. The Kier molecular flexibility index (Phi) is 6.54. The maximum absolute atomic E-state index is 14.0. The van der Waals surface area contributed by atoms with Gasteiger partial charge in [-0.1, -0.05) is 54.6 Å². The number of sulfonamides is 1. The van der Waals surface area contributed by atoms with Crippen molar-refractivity contribution in [2.24, 2.45) is 0 Å². The molecule has 34 heavy (non-hydrogen) atoms. The van der Waals surface area contributed by atoms with Crippen molar-refractivity contribution in [2.45, 2.75) is 23.9 Å². The van der Waals surface area contributed by atoms with Gasteiger partial charge in [0.1, 0.15) is 23.1 Å². The highest BCUT2D eigenvalue weighted by Crippen LogP contribution is 2.36. The number of hydrogen-bond acceptors (Lipinski definition) is 5. The summed E-state index contributed by atoms with van der Waals surface area (Å²) in [7, 11) is -3.78. The Bertz CT molecular complexity index is 1250. The smallest absolute Gasteiger partial charge is 0.246 e. The van der Waals surface area contributed by atoms with Crippen molar-refractivity contribution in [3.8, 4) is 5.75 Å². The third-order valence-corrected chi connectivity index (χ3v) is 7.97. The van der Waals surface area contributed by atoms with E-state index in [1.54, 1.807) is 18.2 Å². The summed E-state index contributed by atoms with van der Waals surface area (Å²) in [4.78, 5) is 4.47. The summed E-state index contributed by atoms with van der Waals surface area (Å²) < 4.78 is 49.8. The van der Waals surface area contributed by atoms with Crippen LogP contribution >= 0.6 is 0 Å². The van der Waals surface area contributed by atoms with Crippen molar-refractivity contribution < 1.29 is 17.5 Å². The van der Waals surface area contributed by atoms with Crippen molar-refractivity contribution >= 4 is 15.7 Å². The number of halogens is 1. The van der Waals surface area contributed by atoms with Gasteiger partial charge in [-0.2, -0.15) is 0 Å². The Balaban J connectivity index is 1.32. The lowest BCUT2D eigenvalue weighted by molar-refractivity contribution is 0.246. The van der Waals surface area contributed by atoms with Crippen LogP contribution in [0.1, 0.15) is 11.1 Å². The van der Waals surface area contributed by atoms with E-state index in [0.29, 0.717) is 56.1 Å². The number of benzene rings is 3. The second kappa shape index (κ2) is 9.74. The first kappa shape index (κ1) is 22.8. The highest BCUT2D eigenvalue weighted by Gasteiger charge is 2.33. The van der Waals surface area contributed by atoms with Crippen LogP contribution in [0.3, 0.4) is 0 Å². The van der Waals surface area contributed by atoms with E-state index in [9.17, 15) is 12.8 Å². The number of nitrogens with zero attached hydrogens (tertiary/aromatic N) is 2. The fraction of sp³-hybridized carbons (Fsp3) is 0.308. The lowest BCUT2D eigenvalue weighted by Gasteiger charge is -2.37. The molecule has 0 amide bonds. The van der Waals surface area contributed by atoms with Gasteiger partial charge < -0.3 is 9.64 Å². The molecule has 0 radical (unpaired) electrons. The molecule has 2 aliphatic rings. The molecule has 8 heteroatoms. The molecule has 1 fully saturated rings. The van der Waals surface area contributed by atoms with Gasteiger partial charge in [0.25, 0.3) is 0 Å². The van der Waals surface area contributed by atoms with Gasteiger partial charge in [0.15, 0.2) is 0 Å². The minimum absolute atomic E-state index is 0.197. The fourth-order valence-corrected chi connectivity index (χ4v) is 6.23. The van der Waals surface area contributed by atoms with Gasteiger partial charge in [-0.15, -0.1) is 0 Å². The Morgan fingerprint density at radius 2 is 1.65 bits per heavy atom. The zero-order chi connectivity index (χ0) is 23.5. The summed E-state index contributed by atoms with van der Waals surface area (Å²) in [6, 6.07) is 21.7. The first-order valence-electron chi connectivity index (χ1n) is 11.5. The van der Waals surface area contributed by atoms with E-state index in [-0.39, 0.29) is 23.4 Å². The molecule has 2 heterocycles. The monoisotopic (exact) mass is 481 g/mol. The number of piperazine rings is 1. The Labute approximate surface area is 200 Å². The van der Waals surface area contributed by atoms with Crippen molar-refractivity contribution in [3.63, 3.8) is 0 Å². The van der Waals surface area contributed by atoms with Crippen LogP contribution in [-0.4, -0.2) is 52.1 Å². The van der Waals surface area contributed by atoms with Gasteiger partial charge in [0.05, 0.1) is 11.7 Å². The van der Waals surface area contributed by atoms with Crippen LogP contribution < -0.4 is 14.4 Å². The van der Waals surface area contributed by atoms with Gasteiger partial charge in [-0.05, 0) is 30.2 Å². The molecule has 0 spiro atoms. The van der Waals surface area contributed by atoms with Crippen LogP contribution in [0.5, 0.6) is 5.75 Å². The minimum atomic E-state index is -3.78. The largest absolute Gasteiger partial charge is 0.490 e. The van der Waals surface area contributed by atoms with Gasteiger partial charge in [0.2, 0.25) is 10.0 Å². The fourth-order valence-electron chi connectivity index (χ4n) is 4.65. The van der Waals surface area contributed by atoms with Crippen LogP contribution in [0, 0.1) is 5.82 Å². The molecule has 5 rings (SSSR count). The molecule has 0 bridgehead atoms. The van der Waals surface area contributed by atoms with Crippen LogP contribution in [0.2, 0.25) is 0 Å². The van der Waals surface area contributed by atoms with Crippen molar-refractivity contribution in [3.05, 3.63) is 89.7 Å². The Hall–Kier alpha value is -2.94. The van der Waals surface area contributed by atoms with Crippen LogP contribution in [-0.2, 0) is 23.0 Å². The first-order chi connectivity index (χ1) is 16.5. The lowest BCUT2D eigenvalue weighted by atomic mass is 10.1. The first-order valence-corrected chi connectivity index (χ1v) is 13.0. The number of fused-ring (bicyclic) bond motifs is 1. The molecule has 0 unspecified atom stereocenters. The van der Waals surface area contributed by atoms with E-state index in [1.807, 2.05) is 48.5 Å². The highest BCUT2D eigenvalue weighted by molar-refractivity contribution is 7.89. The second-order valence-electron chi connectivity index (χ2n) is 8.78. The van der Waals surface area contributed by atoms with E-state index in [0.717, 1.165) is 5.56 Å². The van der Waals surface area contributed by atoms with E-state index < -0.39 is 10.0 Å². The molecule has 0 aromatic heterocycles. The molecular formula is C26H28FN3O3S. The predicted octanol–water partition coefficient (Wildman–Crippen LogP) is 3.43. The van der Waals surface area contributed by atoms with Gasteiger partial charge in [-0.3, -0.25) is 4.90 Å². The SMILES string of the molecule is O=S1(=O)N[C@@H](Cc2ccccc2)COc2cccc(N3CCN(Cc4ccccc4F)CC3)c21. The molecule has 1 saturated heterocycles. The zero-order valence-corrected chi connectivity index (χ0v) is 19.7. The summed E-state index contributed by atoms with van der Waals surface area (Å²) in [6.45, 7) is 3.52. The number of nitrogens with one attached hydrogen (secondary N) is 1. The molecule has 1 atom stereocenters. The molecule has 6 nitrogen and oxygen atoms in total. The minimum Gasteiger partial charge on any atom is -0.490 e. The van der Waals surface area contributed by atoms with Crippen LogP contribution in [0.25, 0.3) is 0 Å². The number of hydrogen-bond donors (Lipinski definition) is 1. The molecule has 0 saturated carbocycles. The van der Waals surface area contributed by atoms with Gasteiger partial charge in [-0.25, -0.2) is 17.5 Å². The Morgan fingerprint density at radius 3 is 2.41 bits per heavy atom. The van der Waals surface area contributed by atoms with E-state index in [4.69, 9.17) is 4.74 Å². The average Bonchev–Trinajstić information content (AvgIpc) is 2.97. The summed E-state index contributed by atoms with van der Waals surface area (Å²) in [5.74, 6) is 0.187. The average molecular weight is 482 g/mol. The molecule has 178 valence electrons. The number of anilines is 1. The van der Waals surface area contributed by atoms with Gasteiger partial charge in [0, 0.05) is 38.3 Å². The Morgan fingerprint density at radius 1 is 0.912 bits per heavy atom. The molecule has 1 N–H and O–H groups in total. The number of rotatable bonds is 5. The molecule has 3 aromatic carbocycles. The molecular weight excluding hydrogens is 453 g/mol. The molecule has 2 aliphatic heterocycles. The van der Waals surface area contributed by atoms with E-state index >= 15 is 0 Å². The lowest BCUT2D eigenvalue weighted by Crippen LogP contribution is -2.46. The normalized spacial score (nSPS) is 20.3. The second-order valence-corrected chi connectivity index (χ2v) is 10.4. The summed E-state index contributed by atoms with van der Waals surface area (Å²) in [6.07, 6.45) is 0.554. The summed E-state index contributed by atoms with van der Waals surface area (Å²) in [5, 5.41) is 0. The van der Waals surface area contributed by atoms with E-state index in [1.165, 1.54) is 6.07 Å². The van der Waals surface area contributed by atoms with Crippen LogP contribution in [0.15, 0.2) is 77.7 Å². The zero-order valence-electron chi connectivity index (χ0n) is 18.9. The highest BCUT2D eigenvalue weighted by atomic mass is 32.2. The van der Waals surface area contributed by atoms with Crippen LogP contribution in [0.4, 0.5) is 10.1 Å². The van der Waals surface area contributed by atoms with Crippen molar-refractivity contribution in [2.75, 3.05) is 37.7 Å². The third kappa shape index (κ3) is 4.94. The number of ether oxygens (including phenoxy) is 1. The van der Waals surface area contributed by atoms with Crippen molar-refractivity contribution in [1.29, 1.82) is 0 Å². The third-order valence-electron chi connectivity index (χ3n) is 6.38. The standard InChI is InChI=1S/C26H28FN3O3S/c27-23-10-5-4-9-21(23)18-29-13-15-30(16-14-29)24-11-6-12-25-26(24)34(31,32)28-22(19-33-25)17-20-7-2-1-3-8-20/h1-12,22,28H,13-19H2/t22-/m0/s1. The topological polar surface area (TPSA) is 61.9 Å². The molecule has 3 aromatic rings. The predicted molar refractivity (Wildman–Crippen MR) is 130 cm³/mol. The maximum atomic E-state index is 14.0. The summed E-state index contributed by atoms with van der Waals surface area (Å²) in [5.41, 5.74) is 2.38. The van der Waals surface area contributed by atoms with Crippen molar-refractivity contribution in [1.82, 2.24) is 9.62 Å². The van der Waals surface area contributed by atoms with Gasteiger partial charge >= 0.3 is 0 Å². The van der Waals surface area contributed by atoms with E-state index in [2.05, 4.69) is 14.5 Å². The molecule has 0 aliphatic carbocycles. The summed E-state index contributed by atoms with van der Waals surface area (Å²) >= 11 is 0. The quantitative estimate of drug-likeness (QED) is 0.605.